The SMILES string of the molecule is CN(C)CCOCCOCCOCCOCCOCCOCCOCCNC(=O)OC(C)(C)C. The average Bonchev–Trinajstić information content (AvgIpc) is 2.75. The van der Waals surface area contributed by atoms with Gasteiger partial charge in [-0.15, -0.1) is 0 Å². The van der Waals surface area contributed by atoms with Crippen molar-refractivity contribution >= 4 is 6.09 Å². The zero-order valence-corrected chi connectivity index (χ0v) is 21.9. The fourth-order valence-electron chi connectivity index (χ4n) is 2.21. The second-order valence-corrected chi connectivity index (χ2v) is 8.52. The molecule has 11 heteroatoms. The fourth-order valence-corrected chi connectivity index (χ4v) is 2.21. The number of rotatable bonds is 24. The number of alkyl carbamates (subject to hydrolysis) is 1. The zero-order chi connectivity index (χ0) is 25.3. The molecular formula is C23H48N2O9. The van der Waals surface area contributed by atoms with E-state index in [4.69, 9.17) is 37.9 Å². The largest absolute Gasteiger partial charge is 0.444 e. The summed E-state index contributed by atoms with van der Waals surface area (Å²) >= 11 is 0. The van der Waals surface area contributed by atoms with Gasteiger partial charge in [-0.25, -0.2) is 4.79 Å². The highest BCUT2D eigenvalue weighted by Gasteiger charge is 2.15. The number of nitrogens with zero attached hydrogens (tertiary/aromatic N) is 1. The first kappa shape index (κ1) is 33.0. The summed E-state index contributed by atoms with van der Waals surface area (Å²) in [5.74, 6) is 0. The Morgan fingerprint density at radius 2 is 0.912 bits per heavy atom. The maximum absolute atomic E-state index is 11.4. The molecule has 0 spiro atoms. The number of amides is 1. The molecule has 11 nitrogen and oxygen atoms in total. The average molecular weight is 497 g/mol. The predicted octanol–water partition coefficient (Wildman–Crippen LogP) is 1.19. The van der Waals surface area contributed by atoms with E-state index in [1.807, 2.05) is 34.9 Å². The molecule has 0 fully saturated rings. The van der Waals surface area contributed by atoms with Crippen molar-refractivity contribution in [3.63, 3.8) is 0 Å². The molecule has 0 bridgehead atoms. The van der Waals surface area contributed by atoms with Crippen molar-refractivity contribution in [2.75, 3.05) is 120 Å². The van der Waals surface area contributed by atoms with Crippen molar-refractivity contribution in [2.45, 2.75) is 26.4 Å². The Bertz CT molecular complexity index is 449. The molecule has 0 rings (SSSR count). The van der Waals surface area contributed by atoms with Crippen molar-refractivity contribution in [3.05, 3.63) is 0 Å². The summed E-state index contributed by atoms with van der Waals surface area (Å²) < 4.78 is 43.1. The molecule has 0 aromatic carbocycles. The Balaban J connectivity index is 3.11. The van der Waals surface area contributed by atoms with Gasteiger partial charge in [0, 0.05) is 13.1 Å². The number of carbonyl (C=O) groups excluding carboxylic acids is 1. The highest BCUT2D eigenvalue weighted by atomic mass is 16.6. The van der Waals surface area contributed by atoms with Crippen LogP contribution in [-0.2, 0) is 37.9 Å². The predicted molar refractivity (Wildman–Crippen MR) is 129 cm³/mol. The topological polar surface area (TPSA) is 106 Å². The lowest BCUT2D eigenvalue weighted by Crippen LogP contribution is -2.34. The Morgan fingerprint density at radius 1 is 0.588 bits per heavy atom. The monoisotopic (exact) mass is 496 g/mol. The molecule has 0 aromatic rings. The summed E-state index contributed by atoms with van der Waals surface area (Å²) in [6.07, 6.45) is -0.445. The molecule has 0 aliphatic carbocycles. The van der Waals surface area contributed by atoms with Gasteiger partial charge in [0.15, 0.2) is 0 Å². The molecule has 1 N–H and O–H groups in total. The van der Waals surface area contributed by atoms with Crippen molar-refractivity contribution < 1.29 is 42.7 Å². The van der Waals surface area contributed by atoms with Crippen LogP contribution in [0.15, 0.2) is 0 Å². The lowest BCUT2D eigenvalue weighted by atomic mass is 10.2. The molecule has 0 heterocycles. The van der Waals surface area contributed by atoms with E-state index in [1.165, 1.54) is 0 Å². The maximum Gasteiger partial charge on any atom is 0.407 e. The van der Waals surface area contributed by atoms with Crippen LogP contribution in [-0.4, -0.2) is 136 Å². The molecule has 34 heavy (non-hydrogen) atoms. The van der Waals surface area contributed by atoms with Gasteiger partial charge in [-0.05, 0) is 34.9 Å². The van der Waals surface area contributed by atoms with Crippen LogP contribution in [0.25, 0.3) is 0 Å². The Hall–Kier alpha value is -1.05. The second-order valence-electron chi connectivity index (χ2n) is 8.52. The Labute approximate surface area is 205 Å². The quantitative estimate of drug-likeness (QED) is 0.196. The van der Waals surface area contributed by atoms with Crippen LogP contribution in [0.1, 0.15) is 20.8 Å². The van der Waals surface area contributed by atoms with E-state index in [-0.39, 0.29) is 0 Å². The minimum atomic E-state index is -0.501. The summed E-state index contributed by atoms with van der Waals surface area (Å²) in [5.41, 5.74) is -0.501. The third-order valence-corrected chi connectivity index (χ3v) is 3.83. The first-order chi connectivity index (χ1) is 16.3. The van der Waals surface area contributed by atoms with Gasteiger partial charge in [0.1, 0.15) is 5.60 Å². The molecular weight excluding hydrogens is 448 g/mol. The molecule has 0 saturated heterocycles. The van der Waals surface area contributed by atoms with Crippen LogP contribution in [0.2, 0.25) is 0 Å². The minimum absolute atomic E-state index is 0.393. The smallest absolute Gasteiger partial charge is 0.407 e. The second kappa shape index (κ2) is 23.7. The van der Waals surface area contributed by atoms with Crippen LogP contribution in [0, 0.1) is 0 Å². The first-order valence-corrected chi connectivity index (χ1v) is 12.0. The van der Waals surface area contributed by atoms with E-state index in [9.17, 15) is 4.79 Å². The van der Waals surface area contributed by atoms with Gasteiger partial charge in [-0.2, -0.15) is 0 Å². The van der Waals surface area contributed by atoms with Crippen molar-refractivity contribution in [1.82, 2.24) is 10.2 Å². The first-order valence-electron chi connectivity index (χ1n) is 12.0. The lowest BCUT2D eigenvalue weighted by molar-refractivity contribution is -0.0207. The van der Waals surface area contributed by atoms with Crippen LogP contribution >= 0.6 is 0 Å². The highest BCUT2D eigenvalue weighted by Crippen LogP contribution is 2.06. The van der Waals surface area contributed by atoms with Crippen LogP contribution in [0.3, 0.4) is 0 Å². The highest BCUT2D eigenvalue weighted by molar-refractivity contribution is 5.67. The maximum atomic E-state index is 11.4. The number of hydrogen-bond acceptors (Lipinski definition) is 10. The van der Waals surface area contributed by atoms with Crippen LogP contribution in [0.4, 0.5) is 4.79 Å². The summed E-state index contributed by atoms with van der Waals surface area (Å²) in [6, 6.07) is 0. The van der Waals surface area contributed by atoms with Gasteiger partial charge in [-0.3, -0.25) is 0 Å². The van der Waals surface area contributed by atoms with Crippen molar-refractivity contribution in [3.8, 4) is 0 Å². The van der Waals surface area contributed by atoms with Gasteiger partial charge < -0.3 is 48.1 Å². The van der Waals surface area contributed by atoms with E-state index in [2.05, 4.69) is 10.2 Å². The fraction of sp³-hybridized carbons (Fsp3) is 0.957. The molecule has 0 atom stereocenters. The number of ether oxygens (including phenoxy) is 8. The van der Waals surface area contributed by atoms with E-state index in [0.717, 1.165) is 6.54 Å². The van der Waals surface area contributed by atoms with Gasteiger partial charge >= 0.3 is 6.09 Å². The van der Waals surface area contributed by atoms with Gasteiger partial charge in [0.2, 0.25) is 0 Å². The normalized spacial score (nSPS) is 11.8. The van der Waals surface area contributed by atoms with Crippen LogP contribution < -0.4 is 5.32 Å². The van der Waals surface area contributed by atoms with Crippen molar-refractivity contribution in [1.29, 1.82) is 0 Å². The zero-order valence-electron chi connectivity index (χ0n) is 21.9. The third kappa shape index (κ3) is 29.0. The molecule has 0 radical (unpaired) electrons. The van der Waals surface area contributed by atoms with Gasteiger partial charge in [0.25, 0.3) is 0 Å². The van der Waals surface area contributed by atoms with E-state index >= 15 is 0 Å². The standard InChI is InChI=1S/C23H48N2O9/c1-23(2,3)34-22(26)24-6-8-27-10-12-29-14-16-31-18-20-33-21-19-32-17-15-30-13-11-28-9-7-25(4)5/h6-21H2,1-5H3,(H,24,26). The summed E-state index contributed by atoms with van der Waals surface area (Å²) in [6.45, 7) is 14.1. The molecule has 0 saturated carbocycles. The molecule has 0 aliphatic rings. The Morgan fingerprint density at radius 3 is 1.24 bits per heavy atom. The summed E-state index contributed by atoms with van der Waals surface area (Å²) in [5, 5.41) is 2.63. The van der Waals surface area contributed by atoms with E-state index < -0.39 is 11.7 Å². The molecule has 0 aliphatic heterocycles. The van der Waals surface area contributed by atoms with Crippen molar-refractivity contribution in [2.24, 2.45) is 0 Å². The van der Waals surface area contributed by atoms with E-state index in [1.54, 1.807) is 0 Å². The lowest BCUT2D eigenvalue weighted by Gasteiger charge is -2.19. The number of likely N-dealkylation sites (N-methyl/N-ethyl adjacent to an activating group) is 1. The summed E-state index contributed by atoms with van der Waals surface area (Å²) in [4.78, 5) is 13.5. The van der Waals surface area contributed by atoms with Gasteiger partial charge in [-0.1, -0.05) is 0 Å². The molecule has 0 unspecified atom stereocenters. The van der Waals surface area contributed by atoms with E-state index in [0.29, 0.717) is 99.0 Å². The summed E-state index contributed by atoms with van der Waals surface area (Å²) in [7, 11) is 4.03. The molecule has 204 valence electrons. The molecule has 0 aromatic heterocycles. The Kier molecular flexibility index (Phi) is 22.9. The minimum Gasteiger partial charge on any atom is -0.444 e. The number of nitrogens with one attached hydrogen (secondary N) is 1. The number of carbonyl (C=O) groups is 1. The third-order valence-electron chi connectivity index (χ3n) is 3.83. The number of hydrogen-bond donors (Lipinski definition) is 1. The van der Waals surface area contributed by atoms with Crippen LogP contribution in [0.5, 0.6) is 0 Å². The van der Waals surface area contributed by atoms with Gasteiger partial charge in [0.05, 0.1) is 92.5 Å². The molecule has 1 amide bonds.